The summed E-state index contributed by atoms with van der Waals surface area (Å²) in [6, 6.07) is 6.98. The van der Waals surface area contributed by atoms with E-state index >= 15 is 0 Å². The Bertz CT molecular complexity index is 709. The van der Waals surface area contributed by atoms with Gasteiger partial charge in [-0.25, -0.2) is 5.43 Å². The van der Waals surface area contributed by atoms with Gasteiger partial charge in [-0.3, -0.25) is 4.79 Å². The number of ether oxygens (including phenoxy) is 1. The Kier molecular flexibility index (Phi) is 5.94. The molecular formula is C17H18N2O3S. The van der Waals surface area contributed by atoms with Gasteiger partial charge in [0, 0.05) is 5.56 Å². The molecule has 1 heterocycles. The lowest BCUT2D eigenvalue weighted by atomic mass is 10.1. The minimum atomic E-state index is -0.258. The molecule has 1 aromatic carbocycles. The molecule has 0 bridgehead atoms. The van der Waals surface area contributed by atoms with Gasteiger partial charge in [-0.05, 0) is 42.5 Å². The van der Waals surface area contributed by atoms with E-state index in [0.29, 0.717) is 29.2 Å². The maximum atomic E-state index is 11.8. The van der Waals surface area contributed by atoms with Crippen LogP contribution in [0, 0.1) is 0 Å². The lowest BCUT2D eigenvalue weighted by Gasteiger charge is -2.10. The van der Waals surface area contributed by atoms with Crippen LogP contribution in [-0.2, 0) is 6.42 Å². The molecule has 0 spiro atoms. The summed E-state index contributed by atoms with van der Waals surface area (Å²) in [5.41, 5.74) is 3.88. The second-order valence-electron chi connectivity index (χ2n) is 4.63. The van der Waals surface area contributed by atoms with Crippen LogP contribution in [0.3, 0.4) is 0 Å². The molecular weight excluding hydrogens is 312 g/mol. The molecule has 2 N–H and O–H groups in total. The number of carbonyl (C=O) groups excluding carboxylic acids is 1. The number of hydrogen-bond donors (Lipinski definition) is 2. The van der Waals surface area contributed by atoms with Gasteiger partial charge >= 0.3 is 0 Å². The van der Waals surface area contributed by atoms with Crippen LogP contribution in [0.5, 0.6) is 11.5 Å². The molecule has 0 aliphatic rings. The van der Waals surface area contributed by atoms with Crippen molar-refractivity contribution in [2.75, 3.05) is 6.61 Å². The van der Waals surface area contributed by atoms with Crippen molar-refractivity contribution in [3.8, 4) is 11.5 Å². The minimum absolute atomic E-state index is 0.103. The van der Waals surface area contributed by atoms with Gasteiger partial charge in [0.05, 0.1) is 17.7 Å². The van der Waals surface area contributed by atoms with Gasteiger partial charge < -0.3 is 9.84 Å². The highest BCUT2D eigenvalue weighted by atomic mass is 32.1. The monoisotopic (exact) mass is 330 g/mol. The molecule has 0 saturated heterocycles. The molecule has 0 radical (unpaired) electrons. The van der Waals surface area contributed by atoms with E-state index in [1.165, 1.54) is 17.6 Å². The third kappa shape index (κ3) is 4.43. The number of hydrazone groups is 1. The Labute approximate surface area is 138 Å². The number of allylic oxidation sites excluding steroid dienone is 1. The molecule has 0 saturated carbocycles. The Balaban J connectivity index is 2.16. The van der Waals surface area contributed by atoms with Gasteiger partial charge in [0.25, 0.3) is 5.91 Å². The predicted octanol–water partition coefficient (Wildman–Crippen LogP) is 3.34. The zero-order valence-electron chi connectivity index (χ0n) is 12.8. The second-order valence-corrected chi connectivity index (χ2v) is 5.58. The maximum Gasteiger partial charge on any atom is 0.281 e. The van der Waals surface area contributed by atoms with E-state index in [2.05, 4.69) is 17.1 Å². The highest BCUT2D eigenvalue weighted by molar-refractivity contribution is 7.12. The van der Waals surface area contributed by atoms with Crippen molar-refractivity contribution >= 4 is 23.5 Å². The van der Waals surface area contributed by atoms with E-state index in [1.807, 2.05) is 12.3 Å². The molecule has 5 nitrogen and oxygen atoms in total. The Morgan fingerprint density at radius 1 is 1.52 bits per heavy atom. The first kappa shape index (κ1) is 16.8. The molecule has 0 aliphatic heterocycles. The molecule has 1 amide bonds. The van der Waals surface area contributed by atoms with Crippen molar-refractivity contribution in [1.29, 1.82) is 0 Å². The quantitative estimate of drug-likeness (QED) is 0.465. The smallest absolute Gasteiger partial charge is 0.281 e. The van der Waals surface area contributed by atoms with Gasteiger partial charge in [0.15, 0.2) is 11.5 Å². The van der Waals surface area contributed by atoms with E-state index in [4.69, 9.17) is 4.74 Å². The molecule has 0 unspecified atom stereocenters. The van der Waals surface area contributed by atoms with Crippen molar-refractivity contribution in [2.24, 2.45) is 5.10 Å². The van der Waals surface area contributed by atoms with Crippen LogP contribution >= 0.6 is 11.3 Å². The fourth-order valence-corrected chi connectivity index (χ4v) is 2.58. The zero-order valence-corrected chi connectivity index (χ0v) is 13.6. The van der Waals surface area contributed by atoms with Gasteiger partial charge in [-0.2, -0.15) is 5.10 Å². The van der Waals surface area contributed by atoms with Crippen LogP contribution in [0.2, 0.25) is 0 Å². The summed E-state index contributed by atoms with van der Waals surface area (Å²) in [5, 5.41) is 15.9. The lowest BCUT2D eigenvalue weighted by Crippen LogP contribution is -2.16. The van der Waals surface area contributed by atoms with E-state index in [0.717, 1.165) is 5.56 Å². The van der Waals surface area contributed by atoms with Crippen molar-refractivity contribution in [1.82, 2.24) is 5.43 Å². The van der Waals surface area contributed by atoms with E-state index < -0.39 is 0 Å². The zero-order chi connectivity index (χ0) is 16.7. The molecule has 6 heteroatoms. The first-order valence-corrected chi connectivity index (χ1v) is 8.00. The van der Waals surface area contributed by atoms with Crippen LogP contribution in [0.25, 0.3) is 0 Å². The average Bonchev–Trinajstić information content (AvgIpc) is 3.06. The molecule has 2 aromatic rings. The van der Waals surface area contributed by atoms with Gasteiger partial charge in [-0.1, -0.05) is 12.1 Å². The van der Waals surface area contributed by atoms with Crippen LogP contribution in [0.1, 0.15) is 27.7 Å². The second kappa shape index (κ2) is 8.14. The van der Waals surface area contributed by atoms with Crippen LogP contribution < -0.4 is 10.2 Å². The SMILES string of the molecule is C=CCc1cc(/C=N/NC(=O)c2cccs2)cc(OCC)c1O. The summed E-state index contributed by atoms with van der Waals surface area (Å²) in [6.45, 7) is 5.96. The van der Waals surface area contributed by atoms with E-state index in [1.54, 1.807) is 30.3 Å². The number of carbonyl (C=O) groups is 1. The standard InChI is InChI=1S/C17H18N2O3S/c1-3-6-13-9-12(10-14(16(13)20)22-4-2)11-18-19-17(21)15-7-5-8-23-15/h3,5,7-11,20H,1,4,6H2,2H3,(H,19,21)/b18-11+. The summed E-state index contributed by atoms with van der Waals surface area (Å²) in [4.78, 5) is 12.4. The first-order chi connectivity index (χ1) is 11.2. The minimum Gasteiger partial charge on any atom is -0.504 e. The van der Waals surface area contributed by atoms with E-state index in [-0.39, 0.29) is 11.7 Å². The summed E-state index contributed by atoms with van der Waals surface area (Å²) in [6.07, 6.45) is 3.72. The number of phenols is 1. The summed E-state index contributed by atoms with van der Waals surface area (Å²) < 4.78 is 5.42. The first-order valence-electron chi connectivity index (χ1n) is 7.12. The molecule has 120 valence electrons. The van der Waals surface area contributed by atoms with Crippen molar-refractivity contribution in [3.63, 3.8) is 0 Å². The fraction of sp³-hybridized carbons (Fsp3) is 0.176. The van der Waals surface area contributed by atoms with Crippen LogP contribution in [0.15, 0.2) is 47.4 Å². The molecule has 0 aliphatic carbocycles. The van der Waals surface area contributed by atoms with Crippen molar-refractivity contribution < 1.29 is 14.6 Å². The Hall–Kier alpha value is -2.60. The number of amides is 1. The number of nitrogens with one attached hydrogen (secondary N) is 1. The maximum absolute atomic E-state index is 11.8. The molecule has 1 aromatic heterocycles. The third-order valence-corrected chi connectivity index (χ3v) is 3.83. The number of thiophene rings is 1. The number of aromatic hydroxyl groups is 1. The highest BCUT2D eigenvalue weighted by Crippen LogP contribution is 2.31. The summed E-state index contributed by atoms with van der Waals surface area (Å²) in [7, 11) is 0. The molecule has 2 rings (SSSR count). The summed E-state index contributed by atoms with van der Waals surface area (Å²) in [5.74, 6) is 0.232. The fourth-order valence-electron chi connectivity index (χ4n) is 1.97. The number of nitrogens with zero attached hydrogens (tertiary/aromatic N) is 1. The topological polar surface area (TPSA) is 70.9 Å². The molecule has 23 heavy (non-hydrogen) atoms. The number of phenolic OH excluding ortho intramolecular Hbond substituents is 1. The van der Waals surface area contributed by atoms with Crippen LogP contribution in [-0.4, -0.2) is 23.8 Å². The average molecular weight is 330 g/mol. The van der Waals surface area contributed by atoms with Gasteiger partial charge in [0.1, 0.15) is 0 Å². The number of hydrogen-bond acceptors (Lipinski definition) is 5. The normalized spacial score (nSPS) is 10.7. The van der Waals surface area contributed by atoms with Gasteiger partial charge in [0.2, 0.25) is 0 Å². The predicted molar refractivity (Wildman–Crippen MR) is 92.6 cm³/mol. The molecule has 0 fully saturated rings. The number of rotatable bonds is 7. The van der Waals surface area contributed by atoms with E-state index in [9.17, 15) is 9.90 Å². The van der Waals surface area contributed by atoms with Crippen molar-refractivity contribution in [3.05, 3.63) is 58.3 Å². The lowest BCUT2D eigenvalue weighted by molar-refractivity contribution is 0.0959. The highest BCUT2D eigenvalue weighted by Gasteiger charge is 2.10. The summed E-state index contributed by atoms with van der Waals surface area (Å²) >= 11 is 1.35. The molecule has 0 atom stereocenters. The van der Waals surface area contributed by atoms with Gasteiger partial charge in [-0.15, -0.1) is 17.9 Å². The Morgan fingerprint density at radius 3 is 3.00 bits per heavy atom. The Morgan fingerprint density at radius 2 is 2.35 bits per heavy atom. The largest absolute Gasteiger partial charge is 0.504 e. The van der Waals surface area contributed by atoms with Crippen molar-refractivity contribution in [2.45, 2.75) is 13.3 Å². The number of benzene rings is 1. The third-order valence-electron chi connectivity index (χ3n) is 2.96. The van der Waals surface area contributed by atoms with Crippen LogP contribution in [0.4, 0.5) is 0 Å².